The Balaban J connectivity index is 1.19. The standard InChI is InChI=1S/C33H40ClN7O/c1-39-16-9-24(10-17-39)33(12-13-33)22-42-32-37-28-21-40(29-7-3-5-23-4-2-6-27(34)30(23)29)18-11-26(28)31(38-32)41-19-15-36-25(20-41)8-14-35/h2-7,24-25,36H,8-13,15-22H2,1H3/t25-/m0/s1. The van der Waals surface area contributed by atoms with E-state index < -0.39 is 0 Å². The number of ether oxygens (including phenoxy) is 1. The van der Waals surface area contributed by atoms with Gasteiger partial charge in [0.2, 0.25) is 0 Å². The summed E-state index contributed by atoms with van der Waals surface area (Å²) in [6.45, 7) is 7.04. The van der Waals surface area contributed by atoms with Gasteiger partial charge in [0, 0.05) is 54.3 Å². The average molecular weight is 586 g/mol. The summed E-state index contributed by atoms with van der Waals surface area (Å²) in [6.07, 6.45) is 6.31. The number of hydrogen-bond acceptors (Lipinski definition) is 8. The lowest BCUT2D eigenvalue weighted by Gasteiger charge is -2.37. The molecule has 1 saturated carbocycles. The van der Waals surface area contributed by atoms with Crippen LogP contribution < -0.4 is 19.9 Å². The molecule has 1 atom stereocenters. The van der Waals surface area contributed by atoms with E-state index in [1.165, 1.54) is 44.3 Å². The van der Waals surface area contributed by atoms with Gasteiger partial charge < -0.3 is 24.8 Å². The molecule has 4 heterocycles. The van der Waals surface area contributed by atoms with Crippen LogP contribution in [-0.2, 0) is 13.0 Å². The van der Waals surface area contributed by atoms with Crippen LogP contribution >= 0.6 is 11.6 Å². The number of benzene rings is 2. The van der Waals surface area contributed by atoms with Crippen LogP contribution in [0.3, 0.4) is 0 Å². The minimum Gasteiger partial charge on any atom is -0.463 e. The van der Waals surface area contributed by atoms with Gasteiger partial charge in [-0.15, -0.1) is 0 Å². The van der Waals surface area contributed by atoms with Gasteiger partial charge in [-0.1, -0.05) is 35.9 Å². The monoisotopic (exact) mass is 585 g/mol. The molecule has 220 valence electrons. The van der Waals surface area contributed by atoms with Gasteiger partial charge >= 0.3 is 6.01 Å². The summed E-state index contributed by atoms with van der Waals surface area (Å²) < 4.78 is 6.55. The number of halogens is 1. The van der Waals surface area contributed by atoms with Crippen molar-refractivity contribution in [3.05, 3.63) is 52.7 Å². The first-order valence-electron chi connectivity index (χ1n) is 15.5. The van der Waals surface area contributed by atoms with E-state index in [0.717, 1.165) is 71.5 Å². The summed E-state index contributed by atoms with van der Waals surface area (Å²) >= 11 is 6.72. The molecule has 8 nitrogen and oxygen atoms in total. The maximum atomic E-state index is 9.35. The number of nitriles is 1. The Hall–Kier alpha value is -3.12. The molecule has 3 fully saturated rings. The lowest BCUT2D eigenvalue weighted by atomic mass is 9.82. The van der Waals surface area contributed by atoms with Gasteiger partial charge in [0.25, 0.3) is 0 Å². The summed E-state index contributed by atoms with van der Waals surface area (Å²) in [4.78, 5) is 17.4. The van der Waals surface area contributed by atoms with Gasteiger partial charge in [-0.3, -0.25) is 0 Å². The molecule has 4 aliphatic rings. The molecule has 3 aliphatic heterocycles. The number of piperazine rings is 1. The second kappa shape index (κ2) is 11.5. The molecule has 42 heavy (non-hydrogen) atoms. The van der Waals surface area contributed by atoms with E-state index in [-0.39, 0.29) is 11.5 Å². The fourth-order valence-electron chi connectivity index (χ4n) is 7.39. The molecule has 0 unspecified atom stereocenters. The molecular formula is C33H40ClN7O. The Labute approximate surface area is 253 Å². The number of nitrogens with zero attached hydrogens (tertiary/aromatic N) is 6. The van der Waals surface area contributed by atoms with Crippen LogP contribution in [0.25, 0.3) is 10.8 Å². The minimum absolute atomic E-state index is 0.135. The van der Waals surface area contributed by atoms with E-state index in [2.05, 4.69) is 57.4 Å². The Morgan fingerprint density at radius 1 is 1.07 bits per heavy atom. The molecular weight excluding hydrogens is 546 g/mol. The van der Waals surface area contributed by atoms with Crippen molar-refractivity contribution in [1.82, 2.24) is 20.2 Å². The first-order chi connectivity index (χ1) is 20.5. The molecule has 0 spiro atoms. The number of anilines is 2. The first-order valence-corrected chi connectivity index (χ1v) is 15.9. The summed E-state index contributed by atoms with van der Waals surface area (Å²) in [5.41, 5.74) is 3.66. The Morgan fingerprint density at radius 3 is 2.67 bits per heavy atom. The number of fused-ring (bicyclic) bond motifs is 2. The Bertz CT molecular complexity index is 1490. The second-order valence-corrected chi connectivity index (χ2v) is 13.1. The van der Waals surface area contributed by atoms with Gasteiger partial charge in [0.1, 0.15) is 5.82 Å². The van der Waals surface area contributed by atoms with Crippen LogP contribution in [0.4, 0.5) is 11.5 Å². The fourth-order valence-corrected chi connectivity index (χ4v) is 7.66. The van der Waals surface area contributed by atoms with E-state index in [1.54, 1.807) is 0 Å². The first kappa shape index (κ1) is 27.7. The van der Waals surface area contributed by atoms with Gasteiger partial charge in [0.15, 0.2) is 0 Å². The smallest absolute Gasteiger partial charge is 0.318 e. The average Bonchev–Trinajstić information content (AvgIpc) is 3.81. The summed E-state index contributed by atoms with van der Waals surface area (Å²) in [6, 6.07) is 15.5. The predicted molar refractivity (Wildman–Crippen MR) is 167 cm³/mol. The number of hydrogen-bond donors (Lipinski definition) is 1. The molecule has 1 N–H and O–H groups in total. The highest BCUT2D eigenvalue weighted by atomic mass is 35.5. The number of rotatable bonds is 7. The van der Waals surface area contributed by atoms with E-state index in [1.807, 2.05) is 12.1 Å². The van der Waals surface area contributed by atoms with E-state index in [0.29, 0.717) is 25.6 Å². The number of piperidine rings is 1. The predicted octanol–water partition coefficient (Wildman–Crippen LogP) is 5.04. The third-order valence-corrected chi connectivity index (χ3v) is 10.4. The minimum atomic E-state index is 0.135. The molecule has 0 amide bonds. The molecule has 2 aromatic carbocycles. The van der Waals surface area contributed by atoms with Gasteiger partial charge in [-0.05, 0) is 75.7 Å². The van der Waals surface area contributed by atoms with Crippen molar-refractivity contribution in [3.63, 3.8) is 0 Å². The zero-order chi connectivity index (χ0) is 28.7. The van der Waals surface area contributed by atoms with E-state index >= 15 is 0 Å². The molecule has 2 saturated heterocycles. The Morgan fingerprint density at radius 2 is 1.88 bits per heavy atom. The normalized spacial score (nSPS) is 22.5. The number of aromatic nitrogens is 2. The van der Waals surface area contributed by atoms with Crippen LogP contribution in [0.2, 0.25) is 5.02 Å². The molecule has 0 bridgehead atoms. The zero-order valence-corrected chi connectivity index (χ0v) is 25.2. The molecule has 3 aromatic rings. The highest BCUT2D eigenvalue weighted by Crippen LogP contribution is 2.55. The second-order valence-electron chi connectivity index (χ2n) is 12.7. The van der Waals surface area contributed by atoms with Crippen LogP contribution in [0, 0.1) is 22.7 Å². The van der Waals surface area contributed by atoms with Crippen molar-refractivity contribution in [2.75, 3.05) is 62.7 Å². The van der Waals surface area contributed by atoms with Crippen LogP contribution in [0.5, 0.6) is 6.01 Å². The van der Waals surface area contributed by atoms with Crippen molar-refractivity contribution < 1.29 is 4.74 Å². The number of nitrogens with one attached hydrogen (secondary N) is 1. The van der Waals surface area contributed by atoms with Gasteiger partial charge in [-0.25, -0.2) is 0 Å². The third kappa shape index (κ3) is 5.39. The molecule has 9 heteroatoms. The van der Waals surface area contributed by atoms with Gasteiger partial charge in [-0.2, -0.15) is 15.2 Å². The summed E-state index contributed by atoms with van der Waals surface area (Å²) in [5, 5.41) is 15.8. The van der Waals surface area contributed by atoms with Crippen molar-refractivity contribution in [2.45, 2.75) is 51.1 Å². The Kier molecular flexibility index (Phi) is 7.60. The largest absolute Gasteiger partial charge is 0.463 e. The molecule has 0 radical (unpaired) electrons. The highest BCUT2D eigenvalue weighted by molar-refractivity contribution is 6.36. The van der Waals surface area contributed by atoms with Crippen molar-refractivity contribution in [1.29, 1.82) is 5.26 Å². The number of likely N-dealkylation sites (tertiary alicyclic amines) is 1. The van der Waals surface area contributed by atoms with Gasteiger partial charge in [0.05, 0.1) is 36.4 Å². The maximum Gasteiger partial charge on any atom is 0.318 e. The SMILES string of the molecule is CN1CCC(C2(COc3nc4c(c(N5CCN[C@@H](CC#N)C5)n3)CCN(c3cccc5cccc(Cl)c35)C4)CC2)CC1. The van der Waals surface area contributed by atoms with Crippen LogP contribution in [0.15, 0.2) is 36.4 Å². The quantitative estimate of drug-likeness (QED) is 0.413. The zero-order valence-electron chi connectivity index (χ0n) is 24.5. The van der Waals surface area contributed by atoms with E-state index in [4.69, 9.17) is 26.3 Å². The van der Waals surface area contributed by atoms with Crippen molar-refractivity contribution >= 4 is 33.9 Å². The van der Waals surface area contributed by atoms with Crippen LogP contribution in [-0.4, -0.2) is 73.8 Å². The van der Waals surface area contributed by atoms with Crippen molar-refractivity contribution in [3.8, 4) is 12.1 Å². The topological polar surface area (TPSA) is 80.5 Å². The van der Waals surface area contributed by atoms with E-state index in [9.17, 15) is 5.26 Å². The van der Waals surface area contributed by atoms with Crippen LogP contribution in [0.1, 0.15) is 43.4 Å². The highest BCUT2D eigenvalue weighted by Gasteiger charge is 2.50. The molecule has 7 rings (SSSR count). The van der Waals surface area contributed by atoms with Crippen molar-refractivity contribution in [2.24, 2.45) is 11.3 Å². The lowest BCUT2D eigenvalue weighted by Crippen LogP contribution is -2.51. The third-order valence-electron chi connectivity index (χ3n) is 10.1. The lowest BCUT2D eigenvalue weighted by molar-refractivity contribution is 0.107. The summed E-state index contributed by atoms with van der Waals surface area (Å²) in [7, 11) is 2.22. The molecule has 1 aliphatic carbocycles. The maximum absolute atomic E-state index is 9.35. The fraction of sp³-hybridized carbons (Fsp3) is 0.545. The molecule has 1 aromatic heterocycles. The summed E-state index contributed by atoms with van der Waals surface area (Å²) in [5.74, 6) is 1.71.